The second-order valence-corrected chi connectivity index (χ2v) is 4.75. The molecule has 0 amide bonds. The Hall–Kier alpha value is -1.88. The van der Waals surface area contributed by atoms with E-state index in [0.717, 1.165) is 17.8 Å². The lowest BCUT2D eigenvalue weighted by molar-refractivity contribution is 0.290. The lowest BCUT2D eigenvalue weighted by Crippen LogP contribution is -2.18. The molecule has 0 radical (unpaired) electrons. The molecule has 1 heterocycles. The zero-order chi connectivity index (χ0) is 14.5. The van der Waals surface area contributed by atoms with Gasteiger partial charge >= 0.3 is 0 Å². The molecule has 0 spiro atoms. The summed E-state index contributed by atoms with van der Waals surface area (Å²) in [6.07, 6.45) is 3.49. The van der Waals surface area contributed by atoms with Gasteiger partial charge in [0.1, 0.15) is 18.2 Å². The molecule has 20 heavy (non-hydrogen) atoms. The largest absolute Gasteiger partial charge is 0.487 e. The molecule has 1 atom stereocenters. The van der Waals surface area contributed by atoms with Crippen LogP contribution < -0.4 is 10.1 Å². The summed E-state index contributed by atoms with van der Waals surface area (Å²) in [5.74, 6) is 0.443. The Bertz CT molecular complexity index is 568. The molecule has 0 saturated carbocycles. The zero-order valence-corrected chi connectivity index (χ0v) is 12.1. The summed E-state index contributed by atoms with van der Waals surface area (Å²) in [5, 5.41) is 3.27. The molecule has 2 rings (SSSR count). The SMILES string of the molecule is CCNC(C)c1cc(F)ccc1OCc1cncn1C. The van der Waals surface area contributed by atoms with Gasteiger partial charge in [-0.3, -0.25) is 0 Å². The van der Waals surface area contributed by atoms with Crippen molar-refractivity contribution in [3.8, 4) is 5.75 Å². The molecule has 0 fully saturated rings. The van der Waals surface area contributed by atoms with Gasteiger partial charge in [-0.1, -0.05) is 6.92 Å². The molecular weight excluding hydrogens is 257 g/mol. The molecule has 5 heteroatoms. The van der Waals surface area contributed by atoms with E-state index in [-0.39, 0.29) is 11.9 Å². The first-order valence-electron chi connectivity index (χ1n) is 6.72. The third kappa shape index (κ3) is 3.36. The van der Waals surface area contributed by atoms with Gasteiger partial charge in [0.15, 0.2) is 0 Å². The monoisotopic (exact) mass is 277 g/mol. The minimum Gasteiger partial charge on any atom is -0.487 e. The van der Waals surface area contributed by atoms with Crippen molar-refractivity contribution in [2.24, 2.45) is 7.05 Å². The summed E-state index contributed by atoms with van der Waals surface area (Å²) in [7, 11) is 1.92. The average Bonchev–Trinajstić information content (AvgIpc) is 2.83. The van der Waals surface area contributed by atoms with Crippen LogP contribution in [0, 0.1) is 5.82 Å². The predicted octanol–water partition coefficient (Wildman–Crippen LogP) is 2.81. The Labute approximate surface area is 118 Å². The summed E-state index contributed by atoms with van der Waals surface area (Å²) < 4.78 is 21.1. The molecule has 0 bridgehead atoms. The third-order valence-electron chi connectivity index (χ3n) is 3.24. The van der Waals surface area contributed by atoms with Crippen molar-refractivity contribution in [2.45, 2.75) is 26.5 Å². The highest BCUT2D eigenvalue weighted by Gasteiger charge is 2.12. The molecular formula is C15H20FN3O. The van der Waals surface area contributed by atoms with Gasteiger partial charge in [0.2, 0.25) is 0 Å². The smallest absolute Gasteiger partial charge is 0.130 e. The zero-order valence-electron chi connectivity index (χ0n) is 12.1. The molecule has 1 N–H and O–H groups in total. The Morgan fingerprint density at radius 1 is 1.45 bits per heavy atom. The van der Waals surface area contributed by atoms with Crippen LogP contribution in [-0.4, -0.2) is 16.1 Å². The highest BCUT2D eigenvalue weighted by molar-refractivity contribution is 5.36. The van der Waals surface area contributed by atoms with Crippen molar-refractivity contribution in [2.75, 3.05) is 6.54 Å². The second-order valence-electron chi connectivity index (χ2n) is 4.75. The van der Waals surface area contributed by atoms with Crippen LogP contribution in [0.25, 0.3) is 0 Å². The fourth-order valence-corrected chi connectivity index (χ4v) is 2.08. The molecule has 108 valence electrons. The van der Waals surface area contributed by atoms with Crippen LogP contribution in [0.3, 0.4) is 0 Å². The number of hydrogen-bond donors (Lipinski definition) is 1. The second kappa shape index (κ2) is 6.52. The van der Waals surface area contributed by atoms with Crippen molar-refractivity contribution in [1.82, 2.24) is 14.9 Å². The number of imidazole rings is 1. The Morgan fingerprint density at radius 2 is 2.25 bits per heavy atom. The minimum atomic E-state index is -0.252. The number of hydrogen-bond acceptors (Lipinski definition) is 3. The average molecular weight is 277 g/mol. The van der Waals surface area contributed by atoms with Crippen LogP contribution in [0.2, 0.25) is 0 Å². The molecule has 1 aromatic heterocycles. The lowest BCUT2D eigenvalue weighted by atomic mass is 10.1. The Morgan fingerprint density at radius 3 is 2.90 bits per heavy atom. The van der Waals surface area contributed by atoms with E-state index in [4.69, 9.17) is 4.74 Å². The fourth-order valence-electron chi connectivity index (χ4n) is 2.08. The third-order valence-corrected chi connectivity index (χ3v) is 3.24. The lowest BCUT2D eigenvalue weighted by Gasteiger charge is -2.18. The van der Waals surface area contributed by atoms with Gasteiger partial charge in [-0.2, -0.15) is 0 Å². The van der Waals surface area contributed by atoms with Gasteiger partial charge < -0.3 is 14.6 Å². The molecule has 1 unspecified atom stereocenters. The number of rotatable bonds is 6. The topological polar surface area (TPSA) is 39.1 Å². The Kier molecular flexibility index (Phi) is 4.74. The van der Waals surface area contributed by atoms with Crippen LogP contribution in [0.15, 0.2) is 30.7 Å². The van der Waals surface area contributed by atoms with E-state index in [2.05, 4.69) is 10.3 Å². The molecule has 4 nitrogen and oxygen atoms in total. The van der Waals surface area contributed by atoms with E-state index in [1.165, 1.54) is 12.1 Å². The molecule has 0 aliphatic carbocycles. The molecule has 2 aromatic rings. The molecule has 0 saturated heterocycles. The van der Waals surface area contributed by atoms with Crippen molar-refractivity contribution in [3.63, 3.8) is 0 Å². The minimum absolute atomic E-state index is 0.0391. The first-order chi connectivity index (χ1) is 9.61. The maximum Gasteiger partial charge on any atom is 0.130 e. The van der Waals surface area contributed by atoms with Crippen LogP contribution in [0.1, 0.15) is 31.1 Å². The van der Waals surface area contributed by atoms with Crippen LogP contribution in [-0.2, 0) is 13.7 Å². The predicted molar refractivity (Wildman–Crippen MR) is 76.0 cm³/mol. The summed E-state index contributed by atoms with van der Waals surface area (Å²) in [6.45, 7) is 5.24. The van der Waals surface area contributed by atoms with Gasteiger partial charge in [0.25, 0.3) is 0 Å². The first-order valence-corrected chi connectivity index (χ1v) is 6.72. The van der Waals surface area contributed by atoms with Gasteiger partial charge in [0.05, 0.1) is 18.2 Å². The van der Waals surface area contributed by atoms with E-state index in [0.29, 0.717) is 12.4 Å². The number of ether oxygens (including phenoxy) is 1. The summed E-state index contributed by atoms with van der Waals surface area (Å²) in [6, 6.07) is 4.65. The normalized spacial score (nSPS) is 12.4. The van der Waals surface area contributed by atoms with E-state index in [1.54, 1.807) is 18.6 Å². The molecule has 0 aliphatic rings. The van der Waals surface area contributed by atoms with Crippen molar-refractivity contribution in [1.29, 1.82) is 0 Å². The van der Waals surface area contributed by atoms with Gasteiger partial charge in [-0.05, 0) is 31.7 Å². The van der Waals surface area contributed by atoms with Gasteiger partial charge in [-0.25, -0.2) is 9.37 Å². The number of benzene rings is 1. The van der Waals surface area contributed by atoms with Crippen LogP contribution >= 0.6 is 0 Å². The van der Waals surface area contributed by atoms with Crippen LogP contribution in [0.4, 0.5) is 4.39 Å². The summed E-state index contributed by atoms with van der Waals surface area (Å²) in [5.41, 5.74) is 1.80. The van der Waals surface area contributed by atoms with Gasteiger partial charge in [0, 0.05) is 18.7 Å². The number of nitrogens with zero attached hydrogens (tertiary/aromatic N) is 2. The van der Waals surface area contributed by atoms with Crippen molar-refractivity contribution in [3.05, 3.63) is 47.8 Å². The number of nitrogens with one attached hydrogen (secondary N) is 1. The van der Waals surface area contributed by atoms with Crippen molar-refractivity contribution >= 4 is 0 Å². The maximum atomic E-state index is 13.4. The standard InChI is InChI=1S/C15H20FN3O/c1-4-18-11(2)14-7-12(16)5-6-15(14)20-9-13-8-17-10-19(13)3/h5-8,10-11,18H,4,9H2,1-3H3. The molecule has 0 aliphatic heterocycles. The highest BCUT2D eigenvalue weighted by atomic mass is 19.1. The van der Waals surface area contributed by atoms with E-state index >= 15 is 0 Å². The Balaban J connectivity index is 2.16. The van der Waals surface area contributed by atoms with Crippen molar-refractivity contribution < 1.29 is 9.13 Å². The number of halogens is 1. The summed E-state index contributed by atoms with van der Waals surface area (Å²) >= 11 is 0. The number of aromatic nitrogens is 2. The number of aryl methyl sites for hydroxylation is 1. The van der Waals surface area contributed by atoms with E-state index in [1.807, 2.05) is 25.5 Å². The van der Waals surface area contributed by atoms with Crippen LogP contribution in [0.5, 0.6) is 5.75 Å². The maximum absolute atomic E-state index is 13.4. The van der Waals surface area contributed by atoms with E-state index in [9.17, 15) is 4.39 Å². The first kappa shape index (κ1) is 14.5. The molecule has 1 aromatic carbocycles. The fraction of sp³-hybridized carbons (Fsp3) is 0.400. The summed E-state index contributed by atoms with van der Waals surface area (Å²) in [4.78, 5) is 4.05. The van der Waals surface area contributed by atoms with Gasteiger partial charge in [-0.15, -0.1) is 0 Å². The van der Waals surface area contributed by atoms with E-state index < -0.39 is 0 Å². The highest BCUT2D eigenvalue weighted by Crippen LogP contribution is 2.26. The quantitative estimate of drug-likeness (QED) is 0.882.